The van der Waals surface area contributed by atoms with E-state index in [4.69, 9.17) is 13.3 Å². The number of hydrogen-bond acceptors (Lipinski definition) is 8. The molecule has 1 amide bonds. The minimum absolute atomic E-state index is 0.0698. The Morgan fingerprint density at radius 3 is 2.28 bits per heavy atom. The van der Waals surface area contributed by atoms with E-state index in [1.165, 1.54) is 36.1 Å². The van der Waals surface area contributed by atoms with E-state index in [2.05, 4.69) is 0 Å². The number of carbonyl (C=O) groups is 1. The molecule has 2 rings (SSSR count). The molecule has 32 heavy (non-hydrogen) atoms. The van der Waals surface area contributed by atoms with E-state index in [1.54, 1.807) is 0 Å². The molecule has 1 aliphatic heterocycles. The normalized spacial score (nSPS) is 24.1. The van der Waals surface area contributed by atoms with Gasteiger partial charge >= 0.3 is 6.09 Å². The number of nitro groups is 1. The molecule has 1 heterocycles. The zero-order chi connectivity index (χ0) is 24.5. The third-order valence-corrected chi connectivity index (χ3v) is 6.87. The van der Waals surface area contributed by atoms with Crippen LogP contribution < -0.4 is 0 Å². The Balaban J connectivity index is 2.32. The van der Waals surface area contributed by atoms with Crippen LogP contribution in [0.3, 0.4) is 0 Å². The minimum atomic E-state index is -3.93. The minimum Gasteiger partial charge on any atom is -0.444 e. The van der Waals surface area contributed by atoms with Gasteiger partial charge in [0.2, 0.25) is 0 Å². The number of likely N-dealkylation sites (tertiary alicyclic amines) is 1. The van der Waals surface area contributed by atoms with Crippen LogP contribution in [0.1, 0.15) is 33.3 Å². The summed E-state index contributed by atoms with van der Waals surface area (Å²) in [6.45, 7) is 11.5. The Bertz CT molecular complexity index is 945. The maximum absolute atomic E-state index is 13.1. The van der Waals surface area contributed by atoms with Crippen LogP contribution in [0.5, 0.6) is 0 Å². The smallest absolute Gasteiger partial charge is 0.412 e. The van der Waals surface area contributed by atoms with E-state index < -0.39 is 42.0 Å². The van der Waals surface area contributed by atoms with Gasteiger partial charge in [-0.05, 0) is 43.1 Å². The molecule has 1 aromatic rings. The van der Waals surface area contributed by atoms with Gasteiger partial charge in [-0.25, -0.2) is 8.98 Å². The van der Waals surface area contributed by atoms with E-state index in [9.17, 15) is 23.3 Å². The second-order valence-corrected chi connectivity index (χ2v) is 13.5. The summed E-state index contributed by atoms with van der Waals surface area (Å²) in [6, 6.07) is 5.64. The predicted molar refractivity (Wildman–Crippen MR) is 121 cm³/mol. The van der Waals surface area contributed by atoms with Crippen molar-refractivity contribution in [2.24, 2.45) is 11.3 Å². The van der Waals surface area contributed by atoms with Crippen molar-refractivity contribution < 1.29 is 31.5 Å². The number of rotatable bonds is 7. The van der Waals surface area contributed by atoms with Gasteiger partial charge < -0.3 is 9.16 Å². The van der Waals surface area contributed by atoms with Crippen LogP contribution in [-0.2, 0) is 30.1 Å². The molecule has 1 saturated heterocycles. The van der Waals surface area contributed by atoms with Crippen LogP contribution in [0.4, 0.5) is 10.5 Å². The first kappa shape index (κ1) is 26.2. The van der Waals surface area contributed by atoms with E-state index in [1.807, 2.05) is 33.9 Å². The van der Waals surface area contributed by atoms with Crippen molar-refractivity contribution in [1.82, 2.24) is 4.90 Å². The monoisotopic (exact) mass is 488 g/mol. The molecule has 0 aromatic heterocycles. The molecule has 0 aliphatic carbocycles. The third kappa shape index (κ3) is 6.27. The second kappa shape index (κ2) is 9.46. The summed E-state index contributed by atoms with van der Waals surface area (Å²) in [7, 11) is -5.56. The van der Waals surface area contributed by atoms with Crippen LogP contribution in [0.25, 0.3) is 0 Å². The standard InChI is InChI=1S/C20H32N2O8SSi/c1-19(2,3)16-12-21(20(4,30-31(5,26)27)17(16)29-32(6)7)18(23)28-13-14-8-10-15(11-9-14)22(24)25/h8-11,16-17,32H,12-13H2,1-7H3/t16-,17?,20+/m1/s1. The number of benzene rings is 1. The SMILES string of the molecule is C[SiH](C)OC1[C@H](C(C)(C)C)CN(C(=O)OCc2ccc([N+](=O)[O-])cc2)[C@@]1(C)OS(C)(=O)=O. The van der Waals surface area contributed by atoms with Crippen molar-refractivity contribution in [3.05, 3.63) is 39.9 Å². The fourth-order valence-corrected chi connectivity index (χ4v) is 5.66. The molecule has 1 unspecified atom stereocenters. The van der Waals surface area contributed by atoms with Gasteiger partial charge in [-0.2, -0.15) is 8.42 Å². The highest BCUT2D eigenvalue weighted by Gasteiger charge is 2.59. The lowest BCUT2D eigenvalue weighted by molar-refractivity contribution is -0.384. The van der Waals surface area contributed by atoms with Gasteiger partial charge in [-0.15, -0.1) is 0 Å². The van der Waals surface area contributed by atoms with Crippen LogP contribution in [0.2, 0.25) is 13.1 Å². The Morgan fingerprint density at radius 2 is 1.84 bits per heavy atom. The Kier molecular flexibility index (Phi) is 7.75. The fourth-order valence-electron chi connectivity index (χ4n) is 3.83. The van der Waals surface area contributed by atoms with Gasteiger partial charge in [0, 0.05) is 24.6 Å². The van der Waals surface area contributed by atoms with E-state index in [0.29, 0.717) is 5.56 Å². The van der Waals surface area contributed by atoms with Gasteiger partial charge in [0.05, 0.1) is 17.3 Å². The molecule has 0 bridgehead atoms. The van der Waals surface area contributed by atoms with Gasteiger partial charge in [-0.1, -0.05) is 20.8 Å². The molecule has 10 nitrogen and oxygen atoms in total. The van der Waals surface area contributed by atoms with Crippen molar-refractivity contribution >= 4 is 30.9 Å². The molecular formula is C20H32N2O8SSi. The average molecular weight is 489 g/mol. The van der Waals surface area contributed by atoms with Gasteiger partial charge in [0.1, 0.15) is 6.61 Å². The zero-order valence-corrected chi connectivity index (χ0v) is 21.5. The van der Waals surface area contributed by atoms with Crippen molar-refractivity contribution in [3.8, 4) is 0 Å². The Hall–Kier alpha value is -2.02. The van der Waals surface area contributed by atoms with Gasteiger partial charge in [-0.3, -0.25) is 15.0 Å². The zero-order valence-electron chi connectivity index (χ0n) is 19.5. The molecule has 0 radical (unpaired) electrons. The van der Waals surface area contributed by atoms with E-state index in [-0.39, 0.29) is 30.2 Å². The molecule has 0 spiro atoms. The largest absolute Gasteiger partial charge is 0.444 e. The number of non-ortho nitro benzene ring substituents is 1. The number of hydrogen-bond donors (Lipinski definition) is 0. The Morgan fingerprint density at radius 1 is 1.28 bits per heavy atom. The van der Waals surface area contributed by atoms with Crippen molar-refractivity contribution in [1.29, 1.82) is 0 Å². The third-order valence-electron chi connectivity index (χ3n) is 5.39. The second-order valence-electron chi connectivity index (χ2n) is 9.51. The molecule has 180 valence electrons. The highest BCUT2D eigenvalue weighted by atomic mass is 32.2. The first-order valence-corrected chi connectivity index (χ1v) is 14.9. The lowest BCUT2D eigenvalue weighted by Gasteiger charge is -2.39. The van der Waals surface area contributed by atoms with E-state index >= 15 is 0 Å². The number of nitro benzene ring substituents is 1. The summed E-state index contributed by atoms with van der Waals surface area (Å²) in [4.78, 5) is 24.6. The summed E-state index contributed by atoms with van der Waals surface area (Å²) in [5.41, 5.74) is -1.39. The van der Waals surface area contributed by atoms with Crippen LogP contribution in [0, 0.1) is 21.4 Å². The first-order valence-electron chi connectivity index (χ1n) is 10.3. The average Bonchev–Trinajstić information content (AvgIpc) is 2.90. The molecule has 0 saturated carbocycles. The van der Waals surface area contributed by atoms with Crippen molar-refractivity contribution in [2.75, 3.05) is 12.8 Å². The first-order chi connectivity index (χ1) is 14.5. The number of carbonyl (C=O) groups excluding carboxylic acids is 1. The lowest BCUT2D eigenvalue weighted by Crippen LogP contribution is -2.55. The molecule has 0 N–H and O–H groups in total. The summed E-state index contributed by atoms with van der Waals surface area (Å²) < 4.78 is 41.4. The topological polar surface area (TPSA) is 125 Å². The number of amides is 1. The van der Waals surface area contributed by atoms with Gasteiger partial charge in [0.15, 0.2) is 14.8 Å². The molecule has 1 fully saturated rings. The summed E-state index contributed by atoms with van der Waals surface area (Å²) >= 11 is 0. The molecular weight excluding hydrogens is 456 g/mol. The van der Waals surface area contributed by atoms with Crippen LogP contribution in [0.15, 0.2) is 24.3 Å². The lowest BCUT2D eigenvalue weighted by atomic mass is 9.77. The molecule has 12 heteroatoms. The predicted octanol–water partition coefficient (Wildman–Crippen LogP) is 3.27. The van der Waals surface area contributed by atoms with Crippen LogP contribution >= 0.6 is 0 Å². The summed E-state index contributed by atoms with van der Waals surface area (Å²) in [5, 5.41) is 10.8. The molecule has 1 aromatic carbocycles. The number of ether oxygens (including phenoxy) is 1. The fraction of sp³-hybridized carbons (Fsp3) is 0.650. The highest BCUT2D eigenvalue weighted by molar-refractivity contribution is 7.86. The highest BCUT2D eigenvalue weighted by Crippen LogP contribution is 2.46. The van der Waals surface area contributed by atoms with E-state index in [0.717, 1.165) is 6.26 Å². The quantitative estimate of drug-likeness (QED) is 0.248. The molecule has 1 aliphatic rings. The van der Waals surface area contributed by atoms with Crippen molar-refractivity contribution in [2.45, 2.75) is 59.2 Å². The Labute approximate surface area is 190 Å². The summed E-state index contributed by atoms with van der Waals surface area (Å²) in [6.07, 6.45) is -0.469. The number of nitrogens with zero attached hydrogens (tertiary/aromatic N) is 2. The van der Waals surface area contributed by atoms with Crippen molar-refractivity contribution in [3.63, 3.8) is 0 Å². The summed E-state index contributed by atoms with van der Waals surface area (Å²) in [5.74, 6) is -0.198. The van der Waals surface area contributed by atoms with Crippen LogP contribution in [-0.4, -0.2) is 58.0 Å². The van der Waals surface area contributed by atoms with Gasteiger partial charge in [0.25, 0.3) is 15.8 Å². The molecule has 3 atom stereocenters. The maximum Gasteiger partial charge on any atom is 0.412 e. The maximum atomic E-state index is 13.1.